The normalized spacial score (nSPS) is 18.7. The maximum Gasteiger partial charge on any atom is 0.245 e. The molecular formula is C20H29FN6O2. The number of hydrogen-bond donors (Lipinski definition) is 1. The van der Waals surface area contributed by atoms with Crippen LogP contribution in [0, 0.1) is 18.7 Å². The van der Waals surface area contributed by atoms with Gasteiger partial charge in [0.1, 0.15) is 17.7 Å². The predicted octanol–water partition coefficient (Wildman–Crippen LogP) is 1.38. The zero-order chi connectivity index (χ0) is 20.8. The first-order valence-electron chi connectivity index (χ1n) is 10.0. The molecule has 2 aromatic rings. The molecule has 158 valence electrons. The van der Waals surface area contributed by atoms with Crippen LogP contribution < -0.4 is 5.32 Å². The standard InChI is InChI=1S/C20H29FN6O2/c1-14(2)12-26-7-8-29-18(13-26)11-22-20(28)19(27-15(3)23-24-25-27)10-16-5-4-6-17(21)9-16/h4-6,9,14,18-19H,7-8,10-13H2,1-3H3,(H,22,28)/t18-,19+/m1/s1. The molecule has 3 rings (SSSR count). The Morgan fingerprint density at radius 3 is 2.93 bits per heavy atom. The van der Waals surface area contributed by atoms with E-state index in [9.17, 15) is 9.18 Å². The van der Waals surface area contributed by atoms with Gasteiger partial charge in [0, 0.05) is 32.6 Å². The number of amides is 1. The van der Waals surface area contributed by atoms with E-state index >= 15 is 0 Å². The van der Waals surface area contributed by atoms with Crippen LogP contribution in [0.2, 0.25) is 0 Å². The highest BCUT2D eigenvalue weighted by atomic mass is 19.1. The molecule has 29 heavy (non-hydrogen) atoms. The molecule has 0 unspecified atom stereocenters. The number of morpholine rings is 1. The van der Waals surface area contributed by atoms with E-state index in [4.69, 9.17) is 4.74 Å². The smallest absolute Gasteiger partial charge is 0.245 e. The minimum absolute atomic E-state index is 0.0590. The summed E-state index contributed by atoms with van der Waals surface area (Å²) < 4.78 is 20.9. The van der Waals surface area contributed by atoms with Crippen molar-refractivity contribution < 1.29 is 13.9 Å². The van der Waals surface area contributed by atoms with Crippen molar-refractivity contribution in [2.75, 3.05) is 32.8 Å². The van der Waals surface area contributed by atoms with Gasteiger partial charge in [0.25, 0.3) is 0 Å². The summed E-state index contributed by atoms with van der Waals surface area (Å²) in [4.78, 5) is 15.4. The summed E-state index contributed by atoms with van der Waals surface area (Å²) in [5.74, 6) is 0.561. The summed E-state index contributed by atoms with van der Waals surface area (Å²) in [6, 6.07) is 5.56. The van der Waals surface area contributed by atoms with Crippen molar-refractivity contribution in [1.82, 2.24) is 30.4 Å². The van der Waals surface area contributed by atoms with E-state index in [1.165, 1.54) is 16.8 Å². The maximum absolute atomic E-state index is 13.6. The fourth-order valence-corrected chi connectivity index (χ4v) is 3.62. The average Bonchev–Trinajstić information content (AvgIpc) is 3.10. The Balaban J connectivity index is 1.65. The third-order valence-corrected chi connectivity index (χ3v) is 4.92. The average molecular weight is 404 g/mol. The lowest BCUT2D eigenvalue weighted by Gasteiger charge is -2.34. The second kappa shape index (κ2) is 9.89. The zero-order valence-corrected chi connectivity index (χ0v) is 17.2. The second-order valence-corrected chi connectivity index (χ2v) is 7.91. The molecule has 1 fully saturated rings. The molecule has 9 heteroatoms. The van der Waals surface area contributed by atoms with E-state index in [2.05, 4.69) is 39.6 Å². The molecule has 1 N–H and O–H groups in total. The number of nitrogens with zero attached hydrogens (tertiary/aromatic N) is 5. The number of nitrogens with one attached hydrogen (secondary N) is 1. The summed E-state index contributed by atoms with van der Waals surface area (Å²) >= 11 is 0. The van der Waals surface area contributed by atoms with Gasteiger partial charge in [-0.2, -0.15) is 0 Å². The topological polar surface area (TPSA) is 85.2 Å². The first kappa shape index (κ1) is 21.3. The summed E-state index contributed by atoms with van der Waals surface area (Å²) in [7, 11) is 0. The molecule has 0 radical (unpaired) electrons. The molecule has 1 aromatic heterocycles. The molecule has 2 heterocycles. The van der Waals surface area contributed by atoms with Gasteiger partial charge in [-0.25, -0.2) is 9.07 Å². The van der Waals surface area contributed by atoms with Gasteiger partial charge in [0.05, 0.1) is 12.7 Å². The molecular weight excluding hydrogens is 375 g/mol. The van der Waals surface area contributed by atoms with Crippen molar-refractivity contribution in [2.24, 2.45) is 5.92 Å². The molecule has 1 aliphatic heterocycles. The van der Waals surface area contributed by atoms with Gasteiger partial charge in [-0.15, -0.1) is 5.10 Å². The van der Waals surface area contributed by atoms with E-state index in [0.29, 0.717) is 36.9 Å². The summed E-state index contributed by atoms with van der Waals surface area (Å²) in [6.07, 6.45) is 0.233. The number of aryl methyl sites for hydroxylation is 1. The summed E-state index contributed by atoms with van der Waals surface area (Å²) in [6.45, 7) is 9.90. The van der Waals surface area contributed by atoms with Crippen LogP contribution in [-0.2, 0) is 16.0 Å². The molecule has 2 atom stereocenters. The van der Waals surface area contributed by atoms with Crippen molar-refractivity contribution in [3.63, 3.8) is 0 Å². The largest absolute Gasteiger partial charge is 0.374 e. The minimum Gasteiger partial charge on any atom is -0.374 e. The molecule has 1 aromatic carbocycles. The van der Waals surface area contributed by atoms with Crippen molar-refractivity contribution in [3.05, 3.63) is 41.5 Å². The Hall–Kier alpha value is -2.39. The molecule has 1 saturated heterocycles. The molecule has 0 spiro atoms. The number of tetrazole rings is 1. The summed E-state index contributed by atoms with van der Waals surface area (Å²) in [5, 5.41) is 14.5. The molecule has 1 amide bonds. The zero-order valence-electron chi connectivity index (χ0n) is 17.2. The third-order valence-electron chi connectivity index (χ3n) is 4.92. The molecule has 8 nitrogen and oxygen atoms in total. The number of rotatable bonds is 8. The molecule has 0 bridgehead atoms. The van der Waals surface area contributed by atoms with E-state index in [1.54, 1.807) is 19.1 Å². The Morgan fingerprint density at radius 1 is 1.41 bits per heavy atom. The Kier molecular flexibility index (Phi) is 7.27. The lowest BCUT2D eigenvalue weighted by atomic mass is 10.0. The highest BCUT2D eigenvalue weighted by Gasteiger charge is 2.27. The molecule has 1 aliphatic rings. The van der Waals surface area contributed by atoms with Gasteiger partial charge in [0.2, 0.25) is 5.91 Å². The predicted molar refractivity (Wildman–Crippen MR) is 106 cm³/mol. The summed E-state index contributed by atoms with van der Waals surface area (Å²) in [5.41, 5.74) is 0.706. The SMILES string of the molecule is Cc1nnnn1[C@@H](Cc1cccc(F)c1)C(=O)NC[C@@H]1CN(CC(C)C)CCO1. The van der Waals surface area contributed by atoms with E-state index < -0.39 is 6.04 Å². The monoisotopic (exact) mass is 404 g/mol. The first-order chi connectivity index (χ1) is 13.9. The van der Waals surface area contributed by atoms with Crippen molar-refractivity contribution in [1.29, 1.82) is 0 Å². The number of hydrogen-bond acceptors (Lipinski definition) is 6. The number of benzene rings is 1. The van der Waals surface area contributed by atoms with Crippen molar-refractivity contribution in [3.8, 4) is 0 Å². The van der Waals surface area contributed by atoms with Crippen LogP contribution in [0.15, 0.2) is 24.3 Å². The fourth-order valence-electron chi connectivity index (χ4n) is 3.62. The molecule has 0 aliphatic carbocycles. The minimum atomic E-state index is -0.665. The van der Waals surface area contributed by atoms with Crippen LogP contribution in [0.5, 0.6) is 0 Å². The number of halogens is 1. The second-order valence-electron chi connectivity index (χ2n) is 7.91. The van der Waals surface area contributed by atoms with Gasteiger partial charge < -0.3 is 10.1 Å². The number of carbonyl (C=O) groups excluding carboxylic acids is 1. The Morgan fingerprint density at radius 2 is 2.24 bits per heavy atom. The van der Waals surface area contributed by atoms with E-state index in [1.807, 2.05) is 0 Å². The third kappa shape index (κ3) is 6.04. The highest BCUT2D eigenvalue weighted by Crippen LogP contribution is 2.16. The number of ether oxygens (including phenoxy) is 1. The van der Waals surface area contributed by atoms with Gasteiger partial charge in [0.15, 0.2) is 0 Å². The lowest BCUT2D eigenvalue weighted by molar-refractivity contribution is -0.126. The fraction of sp³-hybridized carbons (Fsp3) is 0.600. The molecule has 0 saturated carbocycles. The van der Waals surface area contributed by atoms with Crippen LogP contribution in [0.1, 0.15) is 31.3 Å². The Bertz CT molecular complexity index is 812. The van der Waals surface area contributed by atoms with Crippen molar-refractivity contribution in [2.45, 2.75) is 39.3 Å². The van der Waals surface area contributed by atoms with Crippen LogP contribution in [0.4, 0.5) is 4.39 Å². The first-order valence-corrected chi connectivity index (χ1v) is 10.0. The highest BCUT2D eigenvalue weighted by molar-refractivity contribution is 5.80. The lowest BCUT2D eigenvalue weighted by Crippen LogP contribution is -2.49. The van der Waals surface area contributed by atoms with Crippen molar-refractivity contribution >= 4 is 5.91 Å². The number of aromatic nitrogens is 4. The van der Waals surface area contributed by atoms with E-state index in [-0.39, 0.29) is 17.8 Å². The van der Waals surface area contributed by atoms with E-state index in [0.717, 1.165) is 19.6 Å². The van der Waals surface area contributed by atoms with Gasteiger partial charge in [-0.1, -0.05) is 26.0 Å². The quantitative estimate of drug-likeness (QED) is 0.716. The van der Waals surface area contributed by atoms with Gasteiger partial charge in [-0.05, 0) is 41.0 Å². The van der Waals surface area contributed by atoms with Crippen LogP contribution in [0.3, 0.4) is 0 Å². The van der Waals surface area contributed by atoms with Crippen LogP contribution >= 0.6 is 0 Å². The van der Waals surface area contributed by atoms with Gasteiger partial charge >= 0.3 is 0 Å². The maximum atomic E-state index is 13.6. The van der Waals surface area contributed by atoms with Crippen LogP contribution in [0.25, 0.3) is 0 Å². The van der Waals surface area contributed by atoms with Gasteiger partial charge in [-0.3, -0.25) is 9.69 Å². The van der Waals surface area contributed by atoms with Crippen LogP contribution in [-0.4, -0.2) is 69.9 Å². The number of carbonyl (C=O) groups is 1. The Labute approximate surface area is 170 Å².